The number of amides is 1. The molecule has 0 aliphatic rings. The molecule has 2 aromatic carbocycles. The van der Waals surface area contributed by atoms with Crippen LogP contribution in [0.1, 0.15) is 12.0 Å². The molecule has 0 aromatic heterocycles. The summed E-state index contributed by atoms with van der Waals surface area (Å²) in [6, 6.07) is 11.7. The molecular weight excluding hydrogens is 283 g/mol. The first-order valence-corrected chi connectivity index (χ1v) is 7.02. The van der Waals surface area contributed by atoms with Crippen LogP contribution in [0.3, 0.4) is 0 Å². The Hall–Kier alpha value is -2.56. The molecule has 0 atom stereocenters. The summed E-state index contributed by atoms with van der Waals surface area (Å²) in [7, 11) is 1.56. The number of benzene rings is 2. The number of nitrogens with one attached hydrogen (secondary N) is 2. The first-order chi connectivity index (χ1) is 10.6. The molecule has 22 heavy (non-hydrogen) atoms. The lowest BCUT2D eigenvalue weighted by Crippen LogP contribution is -2.16. The van der Waals surface area contributed by atoms with Gasteiger partial charge in [0.15, 0.2) is 0 Å². The smallest absolute Gasteiger partial charge is 0.226 e. The molecule has 0 heterocycles. The van der Waals surface area contributed by atoms with E-state index in [1.54, 1.807) is 19.2 Å². The fraction of sp³-hybridized carbons (Fsp3) is 0.235. The van der Waals surface area contributed by atoms with Crippen molar-refractivity contribution in [2.75, 3.05) is 24.3 Å². The third kappa shape index (κ3) is 4.48. The van der Waals surface area contributed by atoms with Crippen LogP contribution in [0.2, 0.25) is 0 Å². The van der Waals surface area contributed by atoms with Crippen molar-refractivity contribution in [3.63, 3.8) is 0 Å². The maximum atomic E-state index is 13.0. The number of ether oxygens (including phenoxy) is 1. The molecule has 5 heteroatoms. The Morgan fingerprint density at radius 1 is 1.23 bits per heavy atom. The number of hydrogen-bond acceptors (Lipinski definition) is 3. The molecule has 116 valence electrons. The van der Waals surface area contributed by atoms with Crippen LogP contribution >= 0.6 is 0 Å². The molecule has 0 aliphatic heterocycles. The van der Waals surface area contributed by atoms with Crippen molar-refractivity contribution in [2.45, 2.75) is 13.3 Å². The molecule has 0 fully saturated rings. The number of rotatable bonds is 6. The van der Waals surface area contributed by atoms with Crippen molar-refractivity contribution >= 4 is 17.3 Å². The Labute approximate surface area is 129 Å². The summed E-state index contributed by atoms with van der Waals surface area (Å²) in [6.45, 7) is 2.37. The minimum Gasteiger partial charge on any atom is -0.495 e. The first-order valence-electron chi connectivity index (χ1n) is 7.02. The van der Waals surface area contributed by atoms with Crippen LogP contribution in [-0.2, 0) is 4.79 Å². The van der Waals surface area contributed by atoms with E-state index < -0.39 is 0 Å². The van der Waals surface area contributed by atoms with E-state index in [9.17, 15) is 9.18 Å². The van der Waals surface area contributed by atoms with Crippen molar-refractivity contribution in [2.24, 2.45) is 0 Å². The number of hydrogen-bond donors (Lipinski definition) is 2. The molecule has 1 amide bonds. The highest BCUT2D eigenvalue weighted by Gasteiger charge is 2.07. The summed E-state index contributed by atoms with van der Waals surface area (Å²) in [5.41, 5.74) is 2.34. The van der Waals surface area contributed by atoms with Crippen LogP contribution in [0.25, 0.3) is 0 Å². The normalized spacial score (nSPS) is 10.1. The number of carbonyl (C=O) groups excluding carboxylic acids is 1. The average Bonchev–Trinajstić information content (AvgIpc) is 2.47. The van der Waals surface area contributed by atoms with Gasteiger partial charge in [0.2, 0.25) is 5.91 Å². The van der Waals surface area contributed by atoms with Gasteiger partial charge in [0, 0.05) is 18.7 Å². The van der Waals surface area contributed by atoms with E-state index in [1.807, 2.05) is 25.1 Å². The number of methoxy groups -OCH3 is 1. The number of aryl methyl sites for hydroxylation is 1. The zero-order valence-corrected chi connectivity index (χ0v) is 12.7. The lowest BCUT2D eigenvalue weighted by molar-refractivity contribution is -0.115. The van der Waals surface area contributed by atoms with E-state index >= 15 is 0 Å². The predicted octanol–water partition coefficient (Wildman–Crippen LogP) is 3.58. The van der Waals surface area contributed by atoms with Crippen molar-refractivity contribution < 1.29 is 13.9 Å². The van der Waals surface area contributed by atoms with Gasteiger partial charge >= 0.3 is 0 Å². The molecule has 0 unspecified atom stereocenters. The summed E-state index contributed by atoms with van der Waals surface area (Å²) in [5.74, 6) is 0.184. The molecular formula is C17H19FN2O2. The molecule has 4 nitrogen and oxygen atoms in total. The van der Waals surface area contributed by atoms with E-state index in [0.717, 1.165) is 5.56 Å². The highest BCUT2D eigenvalue weighted by Crippen LogP contribution is 2.25. The molecule has 2 N–H and O–H groups in total. The van der Waals surface area contributed by atoms with E-state index in [1.165, 1.54) is 12.1 Å². The zero-order valence-electron chi connectivity index (χ0n) is 12.7. The van der Waals surface area contributed by atoms with Gasteiger partial charge in [-0.3, -0.25) is 4.79 Å². The van der Waals surface area contributed by atoms with Gasteiger partial charge in [-0.25, -0.2) is 4.39 Å². The minimum absolute atomic E-state index is 0.132. The zero-order chi connectivity index (χ0) is 15.9. The summed E-state index contributed by atoms with van der Waals surface area (Å²) in [6.07, 6.45) is 0.271. The third-order valence-electron chi connectivity index (χ3n) is 3.13. The van der Waals surface area contributed by atoms with Gasteiger partial charge in [-0.15, -0.1) is 0 Å². The molecule has 0 spiro atoms. The Bertz CT molecular complexity index is 659. The number of carbonyl (C=O) groups is 1. The lowest BCUT2D eigenvalue weighted by atomic mass is 10.2. The Balaban J connectivity index is 1.87. The maximum Gasteiger partial charge on any atom is 0.226 e. The fourth-order valence-electron chi connectivity index (χ4n) is 2.05. The molecule has 0 bridgehead atoms. The van der Waals surface area contributed by atoms with Gasteiger partial charge in [-0.05, 0) is 42.8 Å². The first kappa shape index (κ1) is 15.8. The van der Waals surface area contributed by atoms with Crippen molar-refractivity contribution in [1.29, 1.82) is 0 Å². The average molecular weight is 302 g/mol. The summed E-state index contributed by atoms with van der Waals surface area (Å²) < 4.78 is 18.2. The Morgan fingerprint density at radius 3 is 2.77 bits per heavy atom. The Kier molecular flexibility index (Phi) is 5.36. The van der Waals surface area contributed by atoms with Gasteiger partial charge in [-0.2, -0.15) is 0 Å². The van der Waals surface area contributed by atoms with Crippen molar-refractivity contribution in [3.05, 3.63) is 53.8 Å². The Morgan fingerprint density at radius 2 is 2.05 bits per heavy atom. The van der Waals surface area contributed by atoms with Crippen molar-refractivity contribution in [3.8, 4) is 5.75 Å². The van der Waals surface area contributed by atoms with E-state index in [0.29, 0.717) is 23.7 Å². The molecule has 2 aromatic rings. The fourth-order valence-corrected chi connectivity index (χ4v) is 2.05. The largest absolute Gasteiger partial charge is 0.495 e. The lowest BCUT2D eigenvalue weighted by Gasteiger charge is -2.11. The SMILES string of the molecule is COc1ccc(C)cc1NC(=O)CCNc1cccc(F)c1. The summed E-state index contributed by atoms with van der Waals surface area (Å²) in [4.78, 5) is 12.0. The topological polar surface area (TPSA) is 50.4 Å². The van der Waals surface area contributed by atoms with Crippen LogP contribution in [0.15, 0.2) is 42.5 Å². The van der Waals surface area contributed by atoms with Crippen LogP contribution < -0.4 is 15.4 Å². The molecule has 0 radical (unpaired) electrons. The third-order valence-corrected chi connectivity index (χ3v) is 3.13. The van der Waals surface area contributed by atoms with E-state index in [2.05, 4.69) is 10.6 Å². The van der Waals surface area contributed by atoms with Crippen LogP contribution in [0, 0.1) is 12.7 Å². The number of anilines is 2. The highest BCUT2D eigenvalue weighted by atomic mass is 19.1. The van der Waals surface area contributed by atoms with Crippen LogP contribution in [0.5, 0.6) is 5.75 Å². The molecule has 2 rings (SSSR count). The second-order valence-corrected chi connectivity index (χ2v) is 4.94. The summed E-state index contributed by atoms with van der Waals surface area (Å²) in [5, 5.41) is 5.83. The second-order valence-electron chi connectivity index (χ2n) is 4.94. The van der Waals surface area contributed by atoms with Crippen molar-refractivity contribution in [1.82, 2.24) is 0 Å². The second kappa shape index (κ2) is 7.45. The quantitative estimate of drug-likeness (QED) is 0.857. The van der Waals surface area contributed by atoms with Crippen LogP contribution in [0.4, 0.5) is 15.8 Å². The van der Waals surface area contributed by atoms with Gasteiger partial charge in [-0.1, -0.05) is 12.1 Å². The van der Waals surface area contributed by atoms with E-state index in [4.69, 9.17) is 4.74 Å². The maximum absolute atomic E-state index is 13.0. The van der Waals surface area contributed by atoms with E-state index in [-0.39, 0.29) is 18.1 Å². The highest BCUT2D eigenvalue weighted by molar-refractivity contribution is 5.92. The predicted molar refractivity (Wildman–Crippen MR) is 85.9 cm³/mol. The van der Waals surface area contributed by atoms with Gasteiger partial charge < -0.3 is 15.4 Å². The van der Waals surface area contributed by atoms with Crippen LogP contribution in [-0.4, -0.2) is 19.6 Å². The van der Waals surface area contributed by atoms with Gasteiger partial charge in [0.05, 0.1) is 12.8 Å². The minimum atomic E-state index is -0.307. The molecule has 0 saturated carbocycles. The summed E-state index contributed by atoms with van der Waals surface area (Å²) >= 11 is 0. The molecule has 0 aliphatic carbocycles. The standard InChI is InChI=1S/C17H19FN2O2/c1-12-6-7-16(22-2)15(10-12)20-17(21)8-9-19-14-5-3-4-13(18)11-14/h3-7,10-11,19H,8-9H2,1-2H3,(H,20,21). The monoisotopic (exact) mass is 302 g/mol. The van der Waals surface area contributed by atoms with Gasteiger partial charge in [0.25, 0.3) is 0 Å². The number of halogens is 1. The van der Waals surface area contributed by atoms with Gasteiger partial charge in [0.1, 0.15) is 11.6 Å². The molecule has 0 saturated heterocycles.